The van der Waals surface area contributed by atoms with Gasteiger partial charge in [-0.3, -0.25) is 0 Å². The second-order valence-electron chi connectivity index (χ2n) is 3.55. The van der Waals surface area contributed by atoms with Crippen molar-refractivity contribution in [3.05, 3.63) is 36.4 Å². The van der Waals surface area contributed by atoms with Crippen molar-refractivity contribution in [3.63, 3.8) is 0 Å². The Kier molecular flexibility index (Phi) is 6.37. The zero-order valence-corrected chi connectivity index (χ0v) is 10.4. The van der Waals surface area contributed by atoms with Gasteiger partial charge in [0.2, 0.25) is 0 Å². The molecule has 1 heterocycles. The summed E-state index contributed by atoms with van der Waals surface area (Å²) in [6.45, 7) is 3.36. The molecule has 0 amide bonds. The molecule has 0 aromatic heterocycles. The van der Waals surface area contributed by atoms with E-state index in [0.717, 1.165) is 12.3 Å². The van der Waals surface area contributed by atoms with Crippen LogP contribution in [0, 0.1) is 0 Å². The molecule has 2 rings (SSSR count). The van der Waals surface area contributed by atoms with Crippen LogP contribution < -0.4 is 0 Å². The van der Waals surface area contributed by atoms with Crippen LogP contribution in [0.5, 0.6) is 0 Å². The second-order valence-corrected chi connectivity index (χ2v) is 5.28. The smallest absolute Gasteiger partial charge is 0.0525 e. The van der Waals surface area contributed by atoms with E-state index in [0.29, 0.717) is 0 Å². The van der Waals surface area contributed by atoms with Crippen LogP contribution in [-0.2, 0) is 4.74 Å². The Morgan fingerprint density at radius 2 is 1.57 bits per heavy atom. The summed E-state index contributed by atoms with van der Waals surface area (Å²) in [6.07, 6.45) is 4.05. The molecular weight excluding hydrogens is 188 g/mol. The van der Waals surface area contributed by atoms with Gasteiger partial charge in [0.05, 0.1) is 9.52 Å². The van der Waals surface area contributed by atoms with E-state index < -0.39 is 0 Å². The monoisotopic (exact) mass is 208 g/mol. The minimum Gasteiger partial charge on any atom is -0.382 e. The van der Waals surface area contributed by atoms with E-state index in [1.165, 1.54) is 19.3 Å². The molecule has 78 valence electrons. The molecule has 1 unspecified atom stereocenters. The lowest BCUT2D eigenvalue weighted by Crippen LogP contribution is -2.23. The standard InChI is InChI=1S/C6H14OSi.C6H6/c1-8-6-4-2-3-5-7-6;1-2-4-6-5-3-1/h6H,2-5,8H2,1H3;1-6H. The molecule has 1 nitrogen and oxygen atoms in total. The van der Waals surface area contributed by atoms with Crippen molar-refractivity contribution in [3.8, 4) is 0 Å². The maximum Gasteiger partial charge on any atom is 0.0525 e. The topological polar surface area (TPSA) is 9.23 Å². The van der Waals surface area contributed by atoms with Crippen LogP contribution in [0.4, 0.5) is 0 Å². The van der Waals surface area contributed by atoms with Crippen molar-refractivity contribution < 1.29 is 4.74 Å². The summed E-state index contributed by atoms with van der Waals surface area (Å²) in [7, 11) is 0.146. The lowest BCUT2D eigenvalue weighted by atomic mass is 10.2. The molecule has 1 saturated heterocycles. The van der Waals surface area contributed by atoms with Crippen LogP contribution in [0.15, 0.2) is 36.4 Å². The van der Waals surface area contributed by atoms with E-state index in [1.54, 1.807) is 0 Å². The minimum atomic E-state index is 0.146. The summed E-state index contributed by atoms with van der Waals surface area (Å²) in [5.41, 5.74) is 0.726. The van der Waals surface area contributed by atoms with Crippen molar-refractivity contribution in [2.24, 2.45) is 0 Å². The fraction of sp³-hybridized carbons (Fsp3) is 0.500. The van der Waals surface area contributed by atoms with Crippen LogP contribution in [0.2, 0.25) is 6.55 Å². The van der Waals surface area contributed by atoms with Gasteiger partial charge in [0, 0.05) is 12.3 Å². The molecule has 0 saturated carbocycles. The van der Waals surface area contributed by atoms with Gasteiger partial charge in [-0.2, -0.15) is 0 Å². The quantitative estimate of drug-likeness (QED) is 0.644. The molecule has 0 spiro atoms. The zero-order valence-electron chi connectivity index (χ0n) is 8.99. The highest BCUT2D eigenvalue weighted by molar-refractivity contribution is 6.35. The molecule has 1 fully saturated rings. The van der Waals surface area contributed by atoms with Gasteiger partial charge >= 0.3 is 0 Å². The Labute approximate surface area is 89.3 Å². The lowest BCUT2D eigenvalue weighted by Gasteiger charge is -2.20. The first-order valence-corrected chi connectivity index (χ1v) is 7.78. The highest BCUT2D eigenvalue weighted by Crippen LogP contribution is 2.10. The van der Waals surface area contributed by atoms with Gasteiger partial charge in [-0.25, -0.2) is 0 Å². The SMILES string of the molecule is C[SiH2]C1CCCCO1.c1ccccc1. The summed E-state index contributed by atoms with van der Waals surface area (Å²) in [5.74, 6) is 0. The van der Waals surface area contributed by atoms with E-state index in [1.807, 2.05) is 36.4 Å². The summed E-state index contributed by atoms with van der Waals surface area (Å²) in [6, 6.07) is 12.0. The molecule has 1 aromatic rings. The molecular formula is C12H20OSi. The molecule has 14 heavy (non-hydrogen) atoms. The summed E-state index contributed by atoms with van der Waals surface area (Å²) in [5, 5.41) is 0. The Morgan fingerprint density at radius 1 is 1.00 bits per heavy atom. The first-order valence-electron chi connectivity index (χ1n) is 5.55. The van der Waals surface area contributed by atoms with Crippen LogP contribution in [0.3, 0.4) is 0 Å². The average Bonchev–Trinajstić information content (AvgIpc) is 2.33. The molecule has 1 aliphatic heterocycles. The summed E-state index contributed by atoms with van der Waals surface area (Å²) >= 11 is 0. The average molecular weight is 208 g/mol. The fourth-order valence-electron chi connectivity index (χ4n) is 1.51. The Balaban J connectivity index is 0.000000146. The second kappa shape index (κ2) is 7.77. The first-order chi connectivity index (χ1) is 6.93. The van der Waals surface area contributed by atoms with Crippen LogP contribution in [0.25, 0.3) is 0 Å². The van der Waals surface area contributed by atoms with Crippen LogP contribution in [0.1, 0.15) is 19.3 Å². The summed E-state index contributed by atoms with van der Waals surface area (Å²) in [4.78, 5) is 0. The van der Waals surface area contributed by atoms with E-state index in [-0.39, 0.29) is 9.52 Å². The maximum absolute atomic E-state index is 5.49. The first kappa shape index (κ1) is 11.5. The number of ether oxygens (including phenoxy) is 1. The molecule has 0 N–H and O–H groups in total. The predicted molar refractivity (Wildman–Crippen MR) is 64.4 cm³/mol. The number of hydrogen-bond acceptors (Lipinski definition) is 1. The van der Waals surface area contributed by atoms with Crippen molar-refractivity contribution in [1.29, 1.82) is 0 Å². The van der Waals surface area contributed by atoms with E-state index in [9.17, 15) is 0 Å². The molecule has 0 radical (unpaired) electrons. The lowest BCUT2D eigenvalue weighted by molar-refractivity contribution is 0.0655. The normalized spacial score (nSPS) is 21.6. The number of benzene rings is 1. The van der Waals surface area contributed by atoms with Gasteiger partial charge < -0.3 is 4.74 Å². The van der Waals surface area contributed by atoms with Gasteiger partial charge in [0.15, 0.2) is 0 Å². The molecule has 0 bridgehead atoms. The molecule has 1 aliphatic rings. The predicted octanol–water partition coefficient (Wildman–Crippen LogP) is 2.42. The maximum atomic E-state index is 5.49. The Hall–Kier alpha value is -0.603. The van der Waals surface area contributed by atoms with E-state index in [4.69, 9.17) is 4.74 Å². The van der Waals surface area contributed by atoms with Crippen molar-refractivity contribution >= 4 is 9.52 Å². The fourth-order valence-corrected chi connectivity index (χ4v) is 2.61. The van der Waals surface area contributed by atoms with Crippen LogP contribution >= 0.6 is 0 Å². The van der Waals surface area contributed by atoms with E-state index >= 15 is 0 Å². The molecule has 1 atom stereocenters. The third-order valence-electron chi connectivity index (χ3n) is 2.40. The molecule has 2 heteroatoms. The van der Waals surface area contributed by atoms with Crippen molar-refractivity contribution in [1.82, 2.24) is 0 Å². The minimum absolute atomic E-state index is 0.146. The largest absolute Gasteiger partial charge is 0.382 e. The molecule has 1 aromatic carbocycles. The third kappa shape index (κ3) is 5.20. The third-order valence-corrected chi connectivity index (χ3v) is 3.95. The van der Waals surface area contributed by atoms with Crippen LogP contribution in [-0.4, -0.2) is 21.9 Å². The van der Waals surface area contributed by atoms with Gasteiger partial charge in [-0.15, -0.1) is 0 Å². The molecule has 0 aliphatic carbocycles. The van der Waals surface area contributed by atoms with Gasteiger partial charge in [-0.05, 0) is 19.3 Å². The van der Waals surface area contributed by atoms with Gasteiger partial charge in [0.1, 0.15) is 0 Å². The Bertz CT molecular complexity index is 180. The van der Waals surface area contributed by atoms with Gasteiger partial charge in [0.25, 0.3) is 0 Å². The number of rotatable bonds is 1. The van der Waals surface area contributed by atoms with Crippen molar-refractivity contribution in [2.75, 3.05) is 6.61 Å². The Morgan fingerprint density at radius 3 is 1.86 bits per heavy atom. The van der Waals surface area contributed by atoms with E-state index in [2.05, 4.69) is 6.55 Å². The zero-order chi connectivity index (χ0) is 10.1. The highest BCUT2D eigenvalue weighted by atomic mass is 28.2. The number of hydrogen-bond donors (Lipinski definition) is 0. The van der Waals surface area contributed by atoms with Gasteiger partial charge in [-0.1, -0.05) is 42.9 Å². The highest BCUT2D eigenvalue weighted by Gasteiger charge is 2.10. The van der Waals surface area contributed by atoms with Crippen molar-refractivity contribution in [2.45, 2.75) is 31.5 Å². The summed E-state index contributed by atoms with van der Waals surface area (Å²) < 4.78 is 5.49.